The van der Waals surface area contributed by atoms with E-state index < -0.39 is 5.60 Å². The summed E-state index contributed by atoms with van der Waals surface area (Å²) in [5, 5.41) is 12.8. The van der Waals surface area contributed by atoms with Crippen LogP contribution >= 0.6 is 0 Å². The quantitative estimate of drug-likeness (QED) is 0.608. The summed E-state index contributed by atoms with van der Waals surface area (Å²) >= 11 is 0. The van der Waals surface area contributed by atoms with Gasteiger partial charge in [0.25, 0.3) is 0 Å². The fourth-order valence-corrected chi connectivity index (χ4v) is 1.56. The maximum atomic E-state index is 11.8. The minimum Gasteiger partial charge on any atom is -0.388 e. The second kappa shape index (κ2) is 6.86. The van der Waals surface area contributed by atoms with Gasteiger partial charge in [-0.25, -0.2) is 0 Å². The molecule has 0 spiro atoms. The first-order chi connectivity index (χ1) is 7.40. The van der Waals surface area contributed by atoms with Crippen molar-refractivity contribution < 1.29 is 9.90 Å². The van der Waals surface area contributed by atoms with E-state index in [-0.39, 0.29) is 17.7 Å². The Balaban J connectivity index is 4.24. The maximum absolute atomic E-state index is 11.8. The van der Waals surface area contributed by atoms with E-state index >= 15 is 0 Å². The molecular weight excluding hydrogens is 204 g/mol. The zero-order valence-electron chi connectivity index (χ0n) is 10.9. The average Bonchev–Trinajstić information content (AvgIpc) is 2.26. The van der Waals surface area contributed by atoms with Gasteiger partial charge in [-0.2, -0.15) is 0 Å². The van der Waals surface area contributed by atoms with Crippen molar-refractivity contribution in [1.82, 2.24) is 5.32 Å². The van der Waals surface area contributed by atoms with E-state index in [1.165, 1.54) is 0 Å². The lowest BCUT2D eigenvalue weighted by molar-refractivity contribution is -0.127. The fourth-order valence-electron chi connectivity index (χ4n) is 1.56. The molecule has 0 aromatic carbocycles. The Labute approximate surface area is 98.6 Å². The van der Waals surface area contributed by atoms with Crippen molar-refractivity contribution in [3.05, 3.63) is 0 Å². The van der Waals surface area contributed by atoms with Gasteiger partial charge in [-0.05, 0) is 18.8 Å². The van der Waals surface area contributed by atoms with Crippen LogP contribution in [0, 0.1) is 11.8 Å². The van der Waals surface area contributed by atoms with E-state index in [0.29, 0.717) is 25.9 Å². The predicted molar refractivity (Wildman–Crippen MR) is 65.9 cm³/mol. The highest BCUT2D eigenvalue weighted by Crippen LogP contribution is 2.14. The molecule has 0 fully saturated rings. The zero-order chi connectivity index (χ0) is 12.8. The van der Waals surface area contributed by atoms with E-state index in [1.807, 2.05) is 27.7 Å². The molecule has 0 aromatic heterocycles. The molecule has 96 valence electrons. The van der Waals surface area contributed by atoms with Crippen molar-refractivity contribution in [2.24, 2.45) is 17.6 Å². The van der Waals surface area contributed by atoms with E-state index in [4.69, 9.17) is 5.73 Å². The minimum atomic E-state index is -0.786. The molecule has 0 aromatic rings. The lowest BCUT2D eigenvalue weighted by atomic mass is 9.93. The van der Waals surface area contributed by atoms with Crippen LogP contribution in [-0.4, -0.2) is 29.7 Å². The Kier molecular flexibility index (Phi) is 6.60. The van der Waals surface area contributed by atoms with Crippen molar-refractivity contribution in [3.63, 3.8) is 0 Å². The van der Waals surface area contributed by atoms with Crippen molar-refractivity contribution in [2.75, 3.05) is 13.1 Å². The number of hydrogen-bond donors (Lipinski definition) is 3. The Morgan fingerprint density at radius 1 is 1.38 bits per heavy atom. The number of aliphatic hydroxyl groups is 1. The SMILES string of the molecule is CCC(O)(CC)CNC(=O)C(CN)C(C)C. The molecule has 1 amide bonds. The Hall–Kier alpha value is -0.610. The van der Waals surface area contributed by atoms with Crippen LogP contribution in [0.15, 0.2) is 0 Å². The Morgan fingerprint density at radius 2 is 1.88 bits per heavy atom. The first-order valence-electron chi connectivity index (χ1n) is 6.10. The summed E-state index contributed by atoms with van der Waals surface area (Å²) in [6.45, 7) is 8.44. The Morgan fingerprint density at radius 3 is 2.19 bits per heavy atom. The third-order valence-corrected chi connectivity index (χ3v) is 3.30. The fraction of sp³-hybridized carbons (Fsp3) is 0.917. The molecule has 4 nitrogen and oxygen atoms in total. The van der Waals surface area contributed by atoms with Crippen LogP contribution < -0.4 is 11.1 Å². The zero-order valence-corrected chi connectivity index (χ0v) is 10.9. The van der Waals surface area contributed by atoms with E-state index in [9.17, 15) is 9.90 Å². The topological polar surface area (TPSA) is 75.3 Å². The molecule has 0 aliphatic heterocycles. The molecule has 0 rings (SSSR count). The van der Waals surface area contributed by atoms with Gasteiger partial charge in [-0.1, -0.05) is 27.7 Å². The van der Waals surface area contributed by atoms with Crippen molar-refractivity contribution in [1.29, 1.82) is 0 Å². The number of carbonyl (C=O) groups is 1. The summed E-state index contributed by atoms with van der Waals surface area (Å²) in [7, 11) is 0. The molecule has 0 aliphatic carbocycles. The molecule has 4 heteroatoms. The van der Waals surface area contributed by atoms with Crippen LogP contribution in [-0.2, 0) is 4.79 Å². The smallest absolute Gasteiger partial charge is 0.224 e. The van der Waals surface area contributed by atoms with Crippen molar-refractivity contribution in [3.8, 4) is 0 Å². The van der Waals surface area contributed by atoms with E-state index in [2.05, 4.69) is 5.32 Å². The first kappa shape index (κ1) is 15.4. The van der Waals surface area contributed by atoms with E-state index in [0.717, 1.165) is 0 Å². The van der Waals surface area contributed by atoms with Gasteiger partial charge in [-0.3, -0.25) is 4.79 Å². The van der Waals surface area contributed by atoms with Crippen LogP contribution in [0.3, 0.4) is 0 Å². The molecule has 4 N–H and O–H groups in total. The third-order valence-electron chi connectivity index (χ3n) is 3.30. The van der Waals surface area contributed by atoms with Crippen LogP contribution in [0.25, 0.3) is 0 Å². The van der Waals surface area contributed by atoms with Crippen LogP contribution in [0.2, 0.25) is 0 Å². The predicted octanol–water partition coefficient (Wildman–Crippen LogP) is 0.885. The van der Waals surface area contributed by atoms with Gasteiger partial charge in [0.1, 0.15) is 0 Å². The van der Waals surface area contributed by atoms with Gasteiger partial charge >= 0.3 is 0 Å². The number of nitrogens with one attached hydrogen (secondary N) is 1. The normalized spacial score (nSPS) is 13.9. The maximum Gasteiger partial charge on any atom is 0.224 e. The number of rotatable bonds is 7. The highest BCUT2D eigenvalue weighted by Gasteiger charge is 2.26. The monoisotopic (exact) mass is 230 g/mol. The number of nitrogens with two attached hydrogens (primary N) is 1. The summed E-state index contributed by atoms with van der Waals surface area (Å²) in [4.78, 5) is 11.8. The second-order valence-electron chi connectivity index (χ2n) is 4.74. The van der Waals surface area contributed by atoms with Gasteiger partial charge < -0.3 is 16.2 Å². The van der Waals surface area contributed by atoms with Crippen LogP contribution in [0.4, 0.5) is 0 Å². The molecule has 0 aliphatic rings. The minimum absolute atomic E-state index is 0.0576. The third kappa shape index (κ3) is 4.49. The molecule has 16 heavy (non-hydrogen) atoms. The molecule has 1 unspecified atom stereocenters. The Bertz CT molecular complexity index is 213. The summed E-state index contributed by atoms with van der Waals surface area (Å²) in [5.74, 6) is -0.00265. The second-order valence-corrected chi connectivity index (χ2v) is 4.74. The van der Waals surface area contributed by atoms with Gasteiger partial charge in [0.2, 0.25) is 5.91 Å². The number of carbonyl (C=O) groups excluding carboxylic acids is 1. The number of hydrogen-bond acceptors (Lipinski definition) is 3. The molecule has 0 radical (unpaired) electrons. The summed E-state index contributed by atoms with van der Waals surface area (Å²) in [5.41, 5.74) is 4.77. The van der Waals surface area contributed by atoms with Gasteiger partial charge in [0.05, 0.1) is 11.5 Å². The van der Waals surface area contributed by atoms with Gasteiger partial charge in [0.15, 0.2) is 0 Å². The summed E-state index contributed by atoms with van der Waals surface area (Å²) < 4.78 is 0. The molecular formula is C12H26N2O2. The molecule has 0 heterocycles. The van der Waals surface area contributed by atoms with Crippen LogP contribution in [0.5, 0.6) is 0 Å². The summed E-state index contributed by atoms with van der Waals surface area (Å²) in [6, 6.07) is 0. The van der Waals surface area contributed by atoms with Gasteiger partial charge in [0, 0.05) is 13.1 Å². The van der Waals surface area contributed by atoms with Gasteiger partial charge in [-0.15, -0.1) is 0 Å². The highest BCUT2D eigenvalue weighted by atomic mass is 16.3. The van der Waals surface area contributed by atoms with Crippen molar-refractivity contribution >= 4 is 5.91 Å². The van der Waals surface area contributed by atoms with Crippen molar-refractivity contribution in [2.45, 2.75) is 46.1 Å². The van der Waals surface area contributed by atoms with Crippen LogP contribution in [0.1, 0.15) is 40.5 Å². The lowest BCUT2D eigenvalue weighted by Crippen LogP contribution is -2.46. The average molecular weight is 230 g/mol. The number of amides is 1. The first-order valence-corrected chi connectivity index (χ1v) is 6.10. The highest BCUT2D eigenvalue weighted by molar-refractivity contribution is 5.79. The van der Waals surface area contributed by atoms with E-state index in [1.54, 1.807) is 0 Å². The largest absolute Gasteiger partial charge is 0.388 e. The molecule has 1 atom stereocenters. The standard InChI is InChI=1S/C12H26N2O2/c1-5-12(16,6-2)8-14-11(15)10(7-13)9(3)4/h9-10,16H,5-8,13H2,1-4H3,(H,14,15). The molecule has 0 saturated heterocycles. The molecule has 0 bridgehead atoms. The lowest BCUT2D eigenvalue weighted by Gasteiger charge is -2.27. The molecule has 0 saturated carbocycles. The summed E-state index contributed by atoms with van der Waals surface area (Å²) in [6.07, 6.45) is 1.28.